The average Bonchev–Trinajstić information content (AvgIpc) is 3.52. The van der Waals surface area contributed by atoms with Crippen LogP contribution in [0.25, 0.3) is 22.5 Å². The van der Waals surface area contributed by atoms with Gasteiger partial charge in [-0.15, -0.1) is 10.2 Å². The Balaban J connectivity index is 1.54. The summed E-state index contributed by atoms with van der Waals surface area (Å²) in [6.07, 6.45) is 1.82. The second-order valence-electron chi connectivity index (χ2n) is 10.8. The van der Waals surface area contributed by atoms with E-state index >= 15 is 0 Å². The molecule has 3 aromatic carbocycles. The van der Waals surface area contributed by atoms with Gasteiger partial charge in [0.25, 0.3) is 5.91 Å². The summed E-state index contributed by atoms with van der Waals surface area (Å²) in [5, 5.41) is 39.3. The number of nitrogens with zero attached hydrogens (tertiary/aromatic N) is 6. The van der Waals surface area contributed by atoms with Crippen molar-refractivity contribution in [3.05, 3.63) is 89.5 Å². The van der Waals surface area contributed by atoms with E-state index in [0.29, 0.717) is 29.5 Å². The highest BCUT2D eigenvalue weighted by Gasteiger charge is 2.32. The number of carboxylic acids is 1. The molecule has 4 aromatic rings. The Morgan fingerprint density at radius 3 is 2.16 bits per heavy atom. The zero-order valence-corrected chi connectivity index (χ0v) is 25.3. The molecule has 236 valence electrons. The monoisotopic (exact) mass is 616 g/mol. The maximum Gasteiger partial charge on any atom is 0.326 e. The van der Waals surface area contributed by atoms with Gasteiger partial charge in [0.2, 0.25) is 11.7 Å². The van der Waals surface area contributed by atoms with Crippen molar-refractivity contribution in [2.75, 3.05) is 0 Å². The summed E-state index contributed by atoms with van der Waals surface area (Å²) >= 11 is 0. The van der Waals surface area contributed by atoms with E-state index in [1.807, 2.05) is 55.5 Å². The molecule has 0 saturated heterocycles. The molecule has 1 amide bonds. The molecular formula is C32H36N6O7. The van der Waals surface area contributed by atoms with Crippen LogP contribution in [0.1, 0.15) is 61.5 Å². The smallest absolute Gasteiger partial charge is 0.326 e. The Bertz CT molecular complexity index is 1600. The molecular weight excluding hydrogens is 580 g/mol. The minimum Gasteiger partial charge on any atom is -0.480 e. The summed E-state index contributed by atoms with van der Waals surface area (Å²) in [6.45, 7) is 5.65. The lowest BCUT2D eigenvalue weighted by molar-refractivity contribution is -0.497. The van der Waals surface area contributed by atoms with Crippen molar-refractivity contribution < 1.29 is 34.7 Å². The summed E-state index contributed by atoms with van der Waals surface area (Å²) in [6, 6.07) is 20.3. The van der Waals surface area contributed by atoms with Crippen LogP contribution in [0.3, 0.4) is 0 Å². The lowest BCUT2D eigenvalue weighted by Crippen LogP contribution is -2.47. The van der Waals surface area contributed by atoms with Gasteiger partial charge in [-0.3, -0.25) is 20.0 Å². The Morgan fingerprint density at radius 2 is 1.56 bits per heavy atom. The third-order valence-electron chi connectivity index (χ3n) is 7.21. The Hall–Kier alpha value is -4.82. The van der Waals surface area contributed by atoms with Gasteiger partial charge in [-0.2, -0.15) is 0 Å². The molecule has 0 radical (unpaired) electrons. The second-order valence-corrected chi connectivity index (χ2v) is 10.8. The zero-order valence-electron chi connectivity index (χ0n) is 25.3. The molecule has 13 nitrogen and oxygen atoms in total. The van der Waals surface area contributed by atoms with E-state index in [9.17, 15) is 19.5 Å². The van der Waals surface area contributed by atoms with Crippen LogP contribution >= 0.6 is 0 Å². The quantitative estimate of drug-likeness (QED) is 0.166. The largest absolute Gasteiger partial charge is 0.480 e. The van der Waals surface area contributed by atoms with Gasteiger partial charge < -0.3 is 10.0 Å². The first kappa shape index (κ1) is 33.1. The number of tetrazole rings is 1. The first-order valence-corrected chi connectivity index (χ1v) is 14.5. The fraction of sp³-hybridized carbons (Fsp3) is 0.312. The van der Waals surface area contributed by atoms with Gasteiger partial charge in [-0.25, -0.2) is 9.63 Å². The van der Waals surface area contributed by atoms with Crippen LogP contribution in [0.4, 0.5) is 0 Å². The Kier molecular flexibility index (Phi) is 11.2. The summed E-state index contributed by atoms with van der Waals surface area (Å²) < 4.78 is 0. The molecule has 1 heterocycles. The summed E-state index contributed by atoms with van der Waals surface area (Å²) in [5.41, 5.74) is 3.97. The molecule has 1 atom stereocenters. The molecule has 13 heteroatoms. The molecule has 0 spiro atoms. The average molecular weight is 617 g/mol. The number of carboxylic acid groups (broad SMARTS) is 1. The van der Waals surface area contributed by atoms with E-state index < -0.39 is 17.9 Å². The third-order valence-corrected chi connectivity index (χ3v) is 7.21. The number of amides is 1. The summed E-state index contributed by atoms with van der Waals surface area (Å²) in [5.74, 6) is -1.73. The molecule has 0 unspecified atom stereocenters. The van der Waals surface area contributed by atoms with Crippen molar-refractivity contribution in [2.45, 2.75) is 59.2 Å². The van der Waals surface area contributed by atoms with Gasteiger partial charge in [0.05, 0.1) is 12.0 Å². The lowest BCUT2D eigenvalue weighted by atomic mass is 9.97. The molecule has 0 bridgehead atoms. The van der Waals surface area contributed by atoms with Crippen LogP contribution < -0.4 is 0 Å². The van der Waals surface area contributed by atoms with Gasteiger partial charge >= 0.3 is 5.97 Å². The van der Waals surface area contributed by atoms with Crippen LogP contribution in [0.2, 0.25) is 0 Å². The SMILES string of the molecule is CCCCC(=O)N(Cc1ccc(-c2ccccc2-c2nnn(C(=O)c3ccc(CON(O)O)cc3)n2)cc1)[C@H](C(=O)O)C(C)C. The first-order chi connectivity index (χ1) is 21.6. The van der Waals surface area contributed by atoms with Crippen molar-refractivity contribution in [1.29, 1.82) is 0 Å². The van der Waals surface area contributed by atoms with Crippen LogP contribution in [-0.2, 0) is 27.6 Å². The van der Waals surface area contributed by atoms with Crippen molar-refractivity contribution in [3.63, 3.8) is 0 Å². The van der Waals surface area contributed by atoms with Gasteiger partial charge in [0, 0.05) is 24.1 Å². The van der Waals surface area contributed by atoms with E-state index in [0.717, 1.165) is 27.9 Å². The molecule has 0 aliphatic heterocycles. The molecule has 3 N–H and O–H groups in total. The van der Waals surface area contributed by atoms with Gasteiger partial charge in [-0.05, 0) is 51.9 Å². The maximum atomic E-state index is 13.0. The Morgan fingerprint density at radius 1 is 0.911 bits per heavy atom. The van der Waals surface area contributed by atoms with Gasteiger partial charge in [-0.1, -0.05) is 92.7 Å². The van der Waals surface area contributed by atoms with E-state index in [2.05, 4.69) is 20.2 Å². The number of benzene rings is 3. The number of unbranched alkanes of at least 4 members (excludes halogenated alkanes) is 1. The molecule has 0 saturated carbocycles. The van der Waals surface area contributed by atoms with E-state index in [1.54, 1.807) is 26.0 Å². The fourth-order valence-corrected chi connectivity index (χ4v) is 4.91. The van der Waals surface area contributed by atoms with Gasteiger partial charge in [0.1, 0.15) is 6.04 Å². The lowest BCUT2D eigenvalue weighted by Gasteiger charge is -2.32. The molecule has 45 heavy (non-hydrogen) atoms. The van der Waals surface area contributed by atoms with Crippen molar-refractivity contribution in [1.82, 2.24) is 30.5 Å². The standard InChI is InChI=1S/C32H36N6O7/c1-4-5-10-28(39)36(29(21(2)3)32(41)42)19-22-11-15-24(16-12-22)26-8-6-7-9-27(26)30-33-35-37(34-30)31(40)25-17-13-23(14-18-25)20-45-38(43)44/h6-9,11-18,21,29,43-44H,4-5,10,19-20H2,1-3H3,(H,41,42)/t29-/m0/s1. The number of hydrogen-bond donors (Lipinski definition) is 3. The molecule has 0 aliphatic rings. The van der Waals surface area contributed by atoms with Crippen LogP contribution in [0, 0.1) is 5.92 Å². The van der Waals surface area contributed by atoms with E-state index in [-0.39, 0.29) is 36.2 Å². The van der Waals surface area contributed by atoms with Crippen LogP contribution in [0.15, 0.2) is 72.8 Å². The van der Waals surface area contributed by atoms with Crippen molar-refractivity contribution in [3.8, 4) is 22.5 Å². The van der Waals surface area contributed by atoms with Crippen molar-refractivity contribution >= 4 is 17.8 Å². The number of carbonyl (C=O) groups excluding carboxylic acids is 2. The fourth-order valence-electron chi connectivity index (χ4n) is 4.91. The maximum absolute atomic E-state index is 13.0. The topological polar surface area (TPSA) is 171 Å². The predicted octanol–water partition coefficient (Wildman–Crippen LogP) is 4.84. The summed E-state index contributed by atoms with van der Waals surface area (Å²) in [4.78, 5) is 45.1. The minimum atomic E-state index is -1.02. The molecule has 1 aromatic heterocycles. The number of aromatic nitrogens is 4. The normalized spacial score (nSPS) is 12.0. The number of rotatable bonds is 14. The minimum absolute atomic E-state index is 0.110. The first-order valence-electron chi connectivity index (χ1n) is 14.5. The van der Waals surface area contributed by atoms with E-state index in [1.165, 1.54) is 17.0 Å². The molecule has 0 fully saturated rings. The number of carbonyl (C=O) groups is 3. The van der Waals surface area contributed by atoms with Crippen LogP contribution in [-0.4, -0.2) is 69.8 Å². The molecule has 0 aliphatic carbocycles. The van der Waals surface area contributed by atoms with E-state index in [4.69, 9.17) is 10.4 Å². The van der Waals surface area contributed by atoms with Gasteiger partial charge in [0.15, 0.2) is 0 Å². The second kappa shape index (κ2) is 15.3. The highest BCUT2D eigenvalue weighted by molar-refractivity contribution is 5.95. The highest BCUT2D eigenvalue weighted by atomic mass is 17.1. The van der Waals surface area contributed by atoms with Crippen LogP contribution in [0.5, 0.6) is 0 Å². The Labute approximate surface area is 260 Å². The third kappa shape index (κ3) is 8.42. The highest BCUT2D eigenvalue weighted by Crippen LogP contribution is 2.30. The number of aliphatic carboxylic acids is 1. The zero-order chi connectivity index (χ0) is 32.5. The molecule has 4 rings (SSSR count). The number of hydrogen-bond acceptors (Lipinski definition) is 10. The predicted molar refractivity (Wildman–Crippen MR) is 161 cm³/mol. The summed E-state index contributed by atoms with van der Waals surface area (Å²) in [7, 11) is 0. The van der Waals surface area contributed by atoms with Crippen molar-refractivity contribution in [2.24, 2.45) is 5.92 Å².